The molecule has 1 atom stereocenters. The molecule has 1 saturated heterocycles. The molecule has 2 nitrogen and oxygen atoms in total. The van der Waals surface area contributed by atoms with E-state index in [2.05, 4.69) is 5.32 Å². The van der Waals surface area contributed by atoms with Crippen molar-refractivity contribution in [3.63, 3.8) is 0 Å². The van der Waals surface area contributed by atoms with Crippen molar-refractivity contribution in [3.8, 4) is 0 Å². The van der Waals surface area contributed by atoms with Gasteiger partial charge in [-0.3, -0.25) is 0 Å². The van der Waals surface area contributed by atoms with E-state index in [1.54, 1.807) is 12.3 Å². The normalized spacial score (nSPS) is 25.4. The third-order valence-electron chi connectivity index (χ3n) is 3.49. The molecule has 84 valence electrons. The summed E-state index contributed by atoms with van der Waals surface area (Å²) < 4.78 is 19.4. The van der Waals surface area contributed by atoms with Crippen molar-refractivity contribution in [2.45, 2.75) is 25.3 Å². The van der Waals surface area contributed by atoms with Crippen molar-refractivity contribution >= 4 is 11.0 Å². The van der Waals surface area contributed by atoms with E-state index in [-0.39, 0.29) is 11.4 Å². The highest BCUT2D eigenvalue weighted by Crippen LogP contribution is 2.37. The fourth-order valence-electron chi connectivity index (χ4n) is 2.63. The first-order valence-electron chi connectivity index (χ1n) is 5.62. The summed E-state index contributed by atoms with van der Waals surface area (Å²) in [6.45, 7) is 2.98. The molecule has 0 amide bonds. The number of benzene rings is 1. The van der Waals surface area contributed by atoms with E-state index in [4.69, 9.17) is 4.42 Å². The summed E-state index contributed by atoms with van der Waals surface area (Å²) in [5.41, 5.74) is 1.06. The van der Waals surface area contributed by atoms with Gasteiger partial charge in [-0.1, -0.05) is 0 Å². The van der Waals surface area contributed by atoms with E-state index in [9.17, 15) is 4.39 Å². The fourth-order valence-corrected chi connectivity index (χ4v) is 2.63. The third kappa shape index (κ3) is 1.28. The van der Waals surface area contributed by atoms with Crippen LogP contribution in [0.3, 0.4) is 0 Å². The van der Waals surface area contributed by atoms with Crippen molar-refractivity contribution < 1.29 is 8.81 Å². The number of rotatable bonds is 1. The largest absolute Gasteiger partial charge is 0.464 e. The lowest BCUT2D eigenvalue weighted by Crippen LogP contribution is -2.34. The molecule has 1 aromatic heterocycles. The molecule has 0 aliphatic carbocycles. The van der Waals surface area contributed by atoms with Crippen LogP contribution in [0.1, 0.15) is 25.3 Å². The van der Waals surface area contributed by atoms with Gasteiger partial charge in [0.2, 0.25) is 0 Å². The summed E-state index contributed by atoms with van der Waals surface area (Å²) in [4.78, 5) is 0. The molecule has 0 bridgehead atoms. The maximum atomic E-state index is 14.0. The van der Waals surface area contributed by atoms with Crippen LogP contribution in [0, 0.1) is 5.82 Å². The molecule has 3 rings (SSSR count). The van der Waals surface area contributed by atoms with Gasteiger partial charge in [0, 0.05) is 10.9 Å². The van der Waals surface area contributed by atoms with Gasteiger partial charge < -0.3 is 9.73 Å². The van der Waals surface area contributed by atoms with Gasteiger partial charge in [-0.25, -0.2) is 4.39 Å². The van der Waals surface area contributed by atoms with Crippen LogP contribution in [0.4, 0.5) is 4.39 Å². The van der Waals surface area contributed by atoms with Crippen molar-refractivity contribution in [1.82, 2.24) is 5.32 Å². The van der Waals surface area contributed by atoms with Gasteiger partial charge >= 0.3 is 0 Å². The minimum Gasteiger partial charge on any atom is -0.464 e. The number of furan rings is 1. The minimum atomic E-state index is -0.290. The lowest BCUT2D eigenvalue weighted by atomic mass is 9.89. The molecule has 0 spiro atoms. The Morgan fingerprint density at radius 2 is 2.25 bits per heavy atom. The van der Waals surface area contributed by atoms with Crippen molar-refractivity contribution in [2.75, 3.05) is 6.54 Å². The summed E-state index contributed by atoms with van der Waals surface area (Å²) in [7, 11) is 0. The molecule has 3 heteroatoms. The van der Waals surface area contributed by atoms with Crippen LogP contribution in [0.25, 0.3) is 11.0 Å². The van der Waals surface area contributed by atoms with E-state index >= 15 is 0 Å². The predicted octanol–water partition coefficient (Wildman–Crippen LogP) is 3.17. The Bertz CT molecular complexity index is 526. The number of hydrogen-bond acceptors (Lipinski definition) is 2. The lowest BCUT2D eigenvalue weighted by molar-refractivity contribution is 0.407. The third-order valence-corrected chi connectivity index (χ3v) is 3.49. The first-order chi connectivity index (χ1) is 7.71. The van der Waals surface area contributed by atoms with Crippen LogP contribution in [0.5, 0.6) is 0 Å². The Hall–Kier alpha value is -1.35. The second kappa shape index (κ2) is 3.32. The maximum Gasteiger partial charge on any atom is 0.141 e. The average molecular weight is 219 g/mol. The van der Waals surface area contributed by atoms with Gasteiger partial charge in [0.1, 0.15) is 11.4 Å². The van der Waals surface area contributed by atoms with E-state index in [1.165, 1.54) is 6.07 Å². The summed E-state index contributed by atoms with van der Waals surface area (Å²) in [5.74, 6) is -0.181. The Labute approximate surface area is 93.4 Å². The first-order valence-corrected chi connectivity index (χ1v) is 5.62. The average Bonchev–Trinajstić information content (AvgIpc) is 2.86. The van der Waals surface area contributed by atoms with Crippen LogP contribution in [-0.2, 0) is 5.54 Å². The molecule has 2 heterocycles. The second-order valence-electron chi connectivity index (χ2n) is 4.62. The SMILES string of the molecule is CC1(c2c(F)ccc3ccoc23)CCCN1. The van der Waals surface area contributed by atoms with Crippen LogP contribution < -0.4 is 5.32 Å². The Morgan fingerprint density at radius 1 is 1.38 bits per heavy atom. The lowest BCUT2D eigenvalue weighted by Gasteiger charge is -2.25. The zero-order chi connectivity index (χ0) is 11.2. The van der Waals surface area contributed by atoms with Crippen LogP contribution in [0.2, 0.25) is 0 Å². The summed E-state index contributed by atoms with van der Waals surface area (Å²) in [5, 5.41) is 4.34. The predicted molar refractivity (Wildman–Crippen MR) is 60.8 cm³/mol. The first kappa shape index (κ1) is 9.85. The number of halogens is 1. The van der Waals surface area contributed by atoms with Gasteiger partial charge in [0.25, 0.3) is 0 Å². The summed E-state index contributed by atoms with van der Waals surface area (Å²) in [6, 6.07) is 5.16. The van der Waals surface area contributed by atoms with Crippen LogP contribution >= 0.6 is 0 Å². The van der Waals surface area contributed by atoms with Crippen molar-refractivity contribution in [1.29, 1.82) is 0 Å². The maximum absolute atomic E-state index is 14.0. The van der Waals surface area contributed by atoms with Crippen LogP contribution in [0.15, 0.2) is 28.9 Å². The van der Waals surface area contributed by atoms with Gasteiger partial charge in [-0.2, -0.15) is 0 Å². The molecule has 1 aliphatic rings. The molecule has 16 heavy (non-hydrogen) atoms. The molecular weight excluding hydrogens is 205 g/mol. The van der Waals surface area contributed by atoms with Crippen LogP contribution in [-0.4, -0.2) is 6.54 Å². The number of nitrogens with one attached hydrogen (secondary N) is 1. The second-order valence-corrected chi connectivity index (χ2v) is 4.62. The van der Waals surface area contributed by atoms with E-state index in [0.717, 1.165) is 24.8 Å². The summed E-state index contributed by atoms with van der Waals surface area (Å²) in [6.07, 6.45) is 3.64. The molecule has 0 saturated carbocycles. The fraction of sp³-hybridized carbons (Fsp3) is 0.385. The van der Waals surface area contributed by atoms with Crippen molar-refractivity contribution in [3.05, 3.63) is 35.8 Å². The molecule has 1 aromatic carbocycles. The van der Waals surface area contributed by atoms with Crippen molar-refractivity contribution in [2.24, 2.45) is 0 Å². The highest BCUT2D eigenvalue weighted by molar-refractivity contribution is 5.81. The Balaban J connectivity index is 2.28. The zero-order valence-corrected chi connectivity index (χ0v) is 9.22. The van der Waals surface area contributed by atoms with Gasteiger partial charge in [0.15, 0.2) is 0 Å². The van der Waals surface area contributed by atoms with E-state index in [0.29, 0.717) is 11.1 Å². The topological polar surface area (TPSA) is 25.2 Å². The highest BCUT2D eigenvalue weighted by Gasteiger charge is 2.35. The van der Waals surface area contributed by atoms with Gasteiger partial charge in [-0.15, -0.1) is 0 Å². The Kier molecular flexibility index (Phi) is 2.04. The molecule has 0 radical (unpaired) electrons. The highest BCUT2D eigenvalue weighted by atomic mass is 19.1. The zero-order valence-electron chi connectivity index (χ0n) is 9.22. The molecule has 1 aliphatic heterocycles. The van der Waals surface area contributed by atoms with E-state index < -0.39 is 0 Å². The smallest absolute Gasteiger partial charge is 0.141 e. The van der Waals surface area contributed by atoms with Gasteiger partial charge in [0.05, 0.1) is 11.8 Å². The molecule has 1 N–H and O–H groups in total. The standard InChI is InChI=1S/C13H14FNO/c1-13(6-2-7-15-13)11-10(14)4-3-9-5-8-16-12(9)11/h3-5,8,15H,2,6-7H2,1H3. The number of hydrogen-bond donors (Lipinski definition) is 1. The molecular formula is C13H14FNO. The summed E-state index contributed by atoms with van der Waals surface area (Å²) >= 11 is 0. The van der Waals surface area contributed by atoms with Gasteiger partial charge in [-0.05, 0) is 44.5 Å². The molecule has 1 unspecified atom stereocenters. The molecule has 2 aromatic rings. The monoisotopic (exact) mass is 219 g/mol. The molecule has 1 fully saturated rings. The quantitative estimate of drug-likeness (QED) is 0.797. The van der Waals surface area contributed by atoms with E-state index in [1.807, 2.05) is 13.0 Å². The Morgan fingerprint density at radius 3 is 3.00 bits per heavy atom. The minimum absolute atomic E-state index is 0.181. The number of fused-ring (bicyclic) bond motifs is 1.